The van der Waals surface area contributed by atoms with Crippen molar-refractivity contribution in [2.45, 2.75) is 56.1 Å². The number of hydrogen-bond acceptors (Lipinski definition) is 2. The summed E-state index contributed by atoms with van der Waals surface area (Å²) in [7, 11) is 2.42. The number of likely N-dealkylation sites (tertiary alicyclic amines) is 1. The monoisotopic (exact) mass is 491 g/mol. The molecular weight excluding hydrogens is 461 g/mol. The molecule has 0 spiro atoms. The summed E-state index contributed by atoms with van der Waals surface area (Å²) in [5.74, 6) is -0.768. The number of quaternary nitrogens is 1. The van der Waals surface area contributed by atoms with Gasteiger partial charge in [-0.15, -0.1) is 0 Å². The molecule has 2 saturated heterocycles. The van der Waals surface area contributed by atoms with Crippen molar-refractivity contribution in [3.63, 3.8) is 0 Å². The molecule has 0 N–H and O–H groups in total. The number of likely N-dealkylation sites (N-methyl/N-ethyl adjacent to an activating group) is 1. The fourth-order valence-corrected chi connectivity index (χ4v) is 5.57. The van der Waals surface area contributed by atoms with Gasteiger partial charge in [0.05, 0.1) is 13.1 Å². The van der Waals surface area contributed by atoms with Crippen LogP contribution in [0.3, 0.4) is 0 Å². The smallest absolute Gasteiger partial charge is 0.223 e. The lowest BCUT2D eigenvalue weighted by Crippen LogP contribution is -3.00. The van der Waals surface area contributed by atoms with Crippen LogP contribution in [0, 0.1) is 0 Å². The third-order valence-corrected chi connectivity index (χ3v) is 7.01. The summed E-state index contributed by atoms with van der Waals surface area (Å²) >= 11 is 0. The fraction of sp³-hybridized carbons (Fsp3) is 0.500. The van der Waals surface area contributed by atoms with Crippen molar-refractivity contribution in [2.75, 3.05) is 20.1 Å². The van der Waals surface area contributed by atoms with E-state index in [2.05, 4.69) is 67.7 Å². The Morgan fingerprint density at radius 2 is 1.21 bits per heavy atom. The van der Waals surface area contributed by atoms with Crippen molar-refractivity contribution in [1.82, 2.24) is 0 Å². The molecule has 0 amide bonds. The highest BCUT2D eigenvalue weighted by Crippen LogP contribution is 2.47. The number of ether oxygens (including phenoxy) is 2. The first-order chi connectivity index (χ1) is 13.2. The van der Waals surface area contributed by atoms with Crippen LogP contribution in [0.25, 0.3) is 0 Å². The highest BCUT2D eigenvalue weighted by Gasteiger charge is 2.59. The Morgan fingerprint density at radius 3 is 1.68 bits per heavy atom. The molecule has 3 atom stereocenters. The minimum Gasteiger partial charge on any atom is -1.00 e. The lowest BCUT2D eigenvalue weighted by molar-refractivity contribution is -0.927. The molecule has 2 aromatic rings. The Bertz CT molecular complexity index is 720. The zero-order valence-electron chi connectivity index (χ0n) is 16.6. The van der Waals surface area contributed by atoms with Gasteiger partial charge in [0.25, 0.3) is 0 Å². The SMILES string of the molecule is C[N+]1(C2CCCCC2)C[C@@H]2OC(c3ccccc3)(c3ccccc3)O[C@@H]2C1.[I-]. The molecule has 4 heteroatoms. The number of nitrogens with zero attached hydrogens (tertiary/aromatic N) is 1. The standard InChI is InChI=1S/C24H30NO2.HI/c1-25(21-15-9-4-10-16-21)17-22-23(18-25)27-24(26-22,19-11-5-2-6-12-19)20-13-7-3-8-14-20;/h2-3,5-8,11-14,21-23H,4,9-10,15-18H2,1H3;1H/q+1;/p-1/t22-,23+,25?;. The Kier molecular flexibility index (Phi) is 5.85. The van der Waals surface area contributed by atoms with E-state index in [1.165, 1.54) is 32.1 Å². The quantitative estimate of drug-likeness (QED) is 0.479. The molecule has 2 heterocycles. The average Bonchev–Trinajstić information content (AvgIpc) is 3.24. The maximum absolute atomic E-state index is 6.79. The summed E-state index contributed by atoms with van der Waals surface area (Å²) in [6, 6.07) is 21.7. The van der Waals surface area contributed by atoms with Gasteiger partial charge >= 0.3 is 0 Å². The van der Waals surface area contributed by atoms with Gasteiger partial charge in [0.1, 0.15) is 25.3 Å². The molecule has 5 rings (SSSR count). The molecule has 1 unspecified atom stereocenters. The van der Waals surface area contributed by atoms with E-state index in [-0.39, 0.29) is 36.2 Å². The molecule has 0 radical (unpaired) electrons. The van der Waals surface area contributed by atoms with E-state index in [1.54, 1.807) is 0 Å². The molecule has 3 fully saturated rings. The topological polar surface area (TPSA) is 18.5 Å². The second-order valence-electron chi connectivity index (χ2n) is 8.80. The maximum atomic E-state index is 6.79. The summed E-state index contributed by atoms with van der Waals surface area (Å²) in [5.41, 5.74) is 2.19. The summed E-state index contributed by atoms with van der Waals surface area (Å²) in [6.45, 7) is 2.13. The summed E-state index contributed by atoms with van der Waals surface area (Å²) in [5, 5.41) is 0. The molecule has 0 bridgehead atoms. The van der Waals surface area contributed by atoms with Gasteiger partial charge in [0, 0.05) is 11.1 Å². The van der Waals surface area contributed by atoms with Crippen LogP contribution in [0.5, 0.6) is 0 Å². The average molecular weight is 491 g/mol. The van der Waals surface area contributed by atoms with Crippen LogP contribution in [-0.2, 0) is 15.3 Å². The molecule has 1 saturated carbocycles. The van der Waals surface area contributed by atoms with Crippen LogP contribution in [0.1, 0.15) is 43.2 Å². The van der Waals surface area contributed by atoms with E-state index in [0.29, 0.717) is 0 Å². The molecule has 150 valence electrons. The second-order valence-corrected chi connectivity index (χ2v) is 8.80. The van der Waals surface area contributed by atoms with Gasteiger partial charge in [-0.2, -0.15) is 0 Å². The maximum Gasteiger partial charge on any atom is 0.223 e. The minimum absolute atomic E-state index is 0. The number of benzene rings is 2. The van der Waals surface area contributed by atoms with E-state index in [9.17, 15) is 0 Å². The number of hydrogen-bond donors (Lipinski definition) is 0. The Morgan fingerprint density at radius 1 is 0.750 bits per heavy atom. The second kappa shape index (κ2) is 8.05. The third-order valence-electron chi connectivity index (χ3n) is 7.01. The molecule has 2 aromatic carbocycles. The summed E-state index contributed by atoms with van der Waals surface area (Å²) in [6.07, 6.45) is 7.22. The lowest BCUT2D eigenvalue weighted by Gasteiger charge is -2.41. The van der Waals surface area contributed by atoms with Crippen molar-refractivity contribution < 1.29 is 37.9 Å². The molecule has 3 aliphatic rings. The summed E-state index contributed by atoms with van der Waals surface area (Å²) in [4.78, 5) is 0. The van der Waals surface area contributed by atoms with Crippen molar-refractivity contribution >= 4 is 0 Å². The molecule has 2 aliphatic heterocycles. The number of halogens is 1. The molecule has 0 aromatic heterocycles. The van der Waals surface area contributed by atoms with Crippen molar-refractivity contribution in [1.29, 1.82) is 0 Å². The molecule has 3 nitrogen and oxygen atoms in total. The normalized spacial score (nSPS) is 31.9. The van der Waals surface area contributed by atoms with Crippen LogP contribution in [-0.4, -0.2) is 42.9 Å². The van der Waals surface area contributed by atoms with Gasteiger partial charge in [0.15, 0.2) is 0 Å². The van der Waals surface area contributed by atoms with Gasteiger partial charge in [-0.25, -0.2) is 0 Å². The predicted molar refractivity (Wildman–Crippen MR) is 106 cm³/mol. The van der Waals surface area contributed by atoms with E-state index in [4.69, 9.17) is 9.47 Å². The first-order valence-corrected chi connectivity index (χ1v) is 10.5. The van der Waals surface area contributed by atoms with E-state index < -0.39 is 5.79 Å². The third kappa shape index (κ3) is 3.42. The van der Waals surface area contributed by atoms with E-state index in [0.717, 1.165) is 34.7 Å². The number of fused-ring (bicyclic) bond motifs is 1. The van der Waals surface area contributed by atoms with Gasteiger partial charge in [-0.1, -0.05) is 67.1 Å². The van der Waals surface area contributed by atoms with Crippen LogP contribution < -0.4 is 24.0 Å². The Balaban J connectivity index is 0.00000192. The highest BCUT2D eigenvalue weighted by atomic mass is 127. The molecule has 28 heavy (non-hydrogen) atoms. The van der Waals surface area contributed by atoms with Crippen LogP contribution in [0.4, 0.5) is 0 Å². The number of rotatable bonds is 3. The summed E-state index contributed by atoms with van der Waals surface area (Å²) < 4.78 is 14.7. The Hall–Kier alpha value is -0.950. The van der Waals surface area contributed by atoms with Crippen LogP contribution >= 0.6 is 0 Å². The van der Waals surface area contributed by atoms with Crippen molar-refractivity contribution in [3.8, 4) is 0 Å². The van der Waals surface area contributed by atoms with Gasteiger partial charge in [-0.05, 0) is 25.7 Å². The van der Waals surface area contributed by atoms with Gasteiger partial charge in [0.2, 0.25) is 5.79 Å². The zero-order chi connectivity index (χ0) is 18.3. The highest BCUT2D eigenvalue weighted by molar-refractivity contribution is 5.35. The molecule has 1 aliphatic carbocycles. The van der Waals surface area contributed by atoms with Crippen molar-refractivity contribution in [3.05, 3.63) is 71.8 Å². The van der Waals surface area contributed by atoms with Crippen molar-refractivity contribution in [2.24, 2.45) is 0 Å². The minimum atomic E-state index is -0.768. The van der Waals surface area contributed by atoms with E-state index >= 15 is 0 Å². The van der Waals surface area contributed by atoms with Gasteiger partial charge < -0.3 is 37.9 Å². The largest absolute Gasteiger partial charge is 1.00 e. The first-order valence-electron chi connectivity index (χ1n) is 10.5. The first kappa shape index (κ1) is 20.3. The predicted octanol–water partition coefficient (Wildman–Crippen LogP) is 1.47. The van der Waals surface area contributed by atoms with Crippen LogP contribution in [0.2, 0.25) is 0 Å². The molecular formula is C24H30INO2. The lowest BCUT2D eigenvalue weighted by atomic mass is 9.93. The zero-order valence-corrected chi connectivity index (χ0v) is 18.8. The van der Waals surface area contributed by atoms with E-state index in [1.807, 2.05) is 0 Å². The van der Waals surface area contributed by atoms with Crippen LogP contribution in [0.15, 0.2) is 60.7 Å². The fourth-order valence-electron chi connectivity index (χ4n) is 5.57. The van der Waals surface area contributed by atoms with Gasteiger partial charge in [-0.3, -0.25) is 0 Å². The Labute approximate surface area is 185 Å².